The molecule has 1 amide bonds. The number of amides is 1. The molecule has 1 aliphatic heterocycles. The number of hydrogen-bond acceptors (Lipinski definition) is 3. The van der Waals surface area contributed by atoms with Gasteiger partial charge in [0.25, 0.3) is 0 Å². The summed E-state index contributed by atoms with van der Waals surface area (Å²) in [4.78, 5) is 15.4. The Hall–Kier alpha value is -1.58. The van der Waals surface area contributed by atoms with Crippen molar-refractivity contribution in [2.24, 2.45) is 0 Å². The number of aromatic nitrogens is 1. The van der Waals surface area contributed by atoms with Crippen molar-refractivity contribution in [3.8, 4) is 0 Å². The molecule has 0 bridgehead atoms. The number of nitrogens with two attached hydrogens (primary N) is 1. The van der Waals surface area contributed by atoms with Crippen LogP contribution >= 0.6 is 0 Å². The second-order valence-electron chi connectivity index (χ2n) is 3.83. The Balaban J connectivity index is 2.31. The van der Waals surface area contributed by atoms with Crippen LogP contribution in [0.25, 0.3) is 0 Å². The highest BCUT2D eigenvalue weighted by Crippen LogP contribution is 2.26. The highest BCUT2D eigenvalue weighted by Gasteiger charge is 2.25. The number of carbonyl (C=O) groups is 1. The monoisotopic (exact) mass is 205 g/mol. The summed E-state index contributed by atoms with van der Waals surface area (Å²) < 4.78 is 0. The van der Waals surface area contributed by atoms with E-state index in [-0.39, 0.29) is 11.8 Å². The Morgan fingerprint density at radius 3 is 3.00 bits per heavy atom. The van der Waals surface area contributed by atoms with Crippen molar-refractivity contribution >= 4 is 11.7 Å². The van der Waals surface area contributed by atoms with Crippen molar-refractivity contribution in [2.45, 2.75) is 25.7 Å². The molecule has 3 N–H and O–H groups in total. The Morgan fingerprint density at radius 1 is 1.60 bits per heavy atom. The molecule has 0 radical (unpaired) electrons. The Bertz CT molecular complexity index is 389. The SMILES string of the molecule is CCc1nc(N)ccc1[C@@H]1CNC(=O)C1. The predicted molar refractivity (Wildman–Crippen MR) is 58.4 cm³/mol. The molecule has 80 valence electrons. The third kappa shape index (κ3) is 1.93. The fourth-order valence-electron chi connectivity index (χ4n) is 2.01. The first-order valence-electron chi connectivity index (χ1n) is 5.22. The molecule has 1 aromatic heterocycles. The van der Waals surface area contributed by atoms with Crippen molar-refractivity contribution in [1.29, 1.82) is 0 Å². The van der Waals surface area contributed by atoms with Crippen molar-refractivity contribution in [3.05, 3.63) is 23.4 Å². The smallest absolute Gasteiger partial charge is 0.220 e. The van der Waals surface area contributed by atoms with Crippen LogP contribution in [0.4, 0.5) is 5.82 Å². The number of nitrogen functional groups attached to an aromatic ring is 1. The average molecular weight is 205 g/mol. The minimum Gasteiger partial charge on any atom is -0.384 e. The standard InChI is InChI=1S/C11H15N3O/c1-2-9-8(3-4-10(12)14-9)7-5-11(15)13-6-7/h3-4,7H,2,5-6H2,1H3,(H2,12,14)(H,13,15)/t7-/m0/s1. The summed E-state index contributed by atoms with van der Waals surface area (Å²) >= 11 is 0. The van der Waals surface area contributed by atoms with E-state index in [9.17, 15) is 4.79 Å². The molecule has 15 heavy (non-hydrogen) atoms. The van der Waals surface area contributed by atoms with Gasteiger partial charge in [0.05, 0.1) is 0 Å². The van der Waals surface area contributed by atoms with Gasteiger partial charge >= 0.3 is 0 Å². The normalized spacial score (nSPS) is 20.3. The molecule has 0 unspecified atom stereocenters. The molecule has 0 saturated carbocycles. The lowest BCUT2D eigenvalue weighted by Crippen LogP contribution is -2.14. The van der Waals surface area contributed by atoms with E-state index in [1.165, 1.54) is 0 Å². The topological polar surface area (TPSA) is 68.0 Å². The summed E-state index contributed by atoms with van der Waals surface area (Å²) in [6, 6.07) is 3.80. The van der Waals surface area contributed by atoms with Crippen LogP contribution < -0.4 is 11.1 Å². The molecule has 4 nitrogen and oxygen atoms in total. The maximum absolute atomic E-state index is 11.1. The van der Waals surface area contributed by atoms with Gasteiger partial charge in [-0.15, -0.1) is 0 Å². The van der Waals surface area contributed by atoms with Gasteiger partial charge in [-0.25, -0.2) is 4.98 Å². The minimum atomic E-state index is 0.124. The van der Waals surface area contributed by atoms with Crippen LogP contribution in [0.5, 0.6) is 0 Å². The third-order valence-corrected chi connectivity index (χ3v) is 2.78. The van der Waals surface area contributed by atoms with E-state index in [0.717, 1.165) is 24.2 Å². The lowest BCUT2D eigenvalue weighted by Gasteiger charge is -2.12. The van der Waals surface area contributed by atoms with Gasteiger partial charge in [-0.05, 0) is 18.1 Å². The molecule has 2 heterocycles. The van der Waals surface area contributed by atoms with Crippen LogP contribution in [-0.2, 0) is 11.2 Å². The van der Waals surface area contributed by atoms with Crippen molar-refractivity contribution in [2.75, 3.05) is 12.3 Å². The zero-order valence-electron chi connectivity index (χ0n) is 8.79. The molecule has 0 spiro atoms. The second-order valence-corrected chi connectivity index (χ2v) is 3.83. The molecule has 0 aliphatic carbocycles. The maximum Gasteiger partial charge on any atom is 0.220 e. The van der Waals surface area contributed by atoms with E-state index in [1.54, 1.807) is 6.07 Å². The molecule has 1 fully saturated rings. The highest BCUT2D eigenvalue weighted by atomic mass is 16.1. The fraction of sp³-hybridized carbons (Fsp3) is 0.455. The summed E-state index contributed by atoms with van der Waals surface area (Å²) in [6.07, 6.45) is 1.42. The van der Waals surface area contributed by atoms with Crippen molar-refractivity contribution in [3.63, 3.8) is 0 Å². The number of aryl methyl sites for hydroxylation is 1. The number of rotatable bonds is 2. The Morgan fingerprint density at radius 2 is 2.40 bits per heavy atom. The van der Waals surface area contributed by atoms with Gasteiger partial charge in [0.2, 0.25) is 5.91 Å². The summed E-state index contributed by atoms with van der Waals surface area (Å²) in [7, 11) is 0. The van der Waals surface area contributed by atoms with Gasteiger partial charge < -0.3 is 11.1 Å². The highest BCUT2D eigenvalue weighted by molar-refractivity contribution is 5.79. The Labute approximate surface area is 88.9 Å². The van der Waals surface area contributed by atoms with Gasteiger partial charge in [0.1, 0.15) is 5.82 Å². The molecule has 4 heteroatoms. The van der Waals surface area contributed by atoms with Crippen LogP contribution in [0.2, 0.25) is 0 Å². The number of pyridine rings is 1. The largest absolute Gasteiger partial charge is 0.384 e. The van der Waals surface area contributed by atoms with Crippen molar-refractivity contribution < 1.29 is 4.79 Å². The van der Waals surface area contributed by atoms with Gasteiger partial charge in [-0.1, -0.05) is 13.0 Å². The number of carbonyl (C=O) groups excluding carboxylic acids is 1. The van der Waals surface area contributed by atoms with Gasteiger partial charge in [0, 0.05) is 24.6 Å². The van der Waals surface area contributed by atoms with E-state index in [1.807, 2.05) is 6.07 Å². The third-order valence-electron chi connectivity index (χ3n) is 2.78. The quantitative estimate of drug-likeness (QED) is 0.751. The van der Waals surface area contributed by atoms with Crippen LogP contribution in [0.1, 0.15) is 30.5 Å². The first-order valence-corrected chi connectivity index (χ1v) is 5.22. The van der Waals surface area contributed by atoms with E-state index in [2.05, 4.69) is 17.2 Å². The predicted octanol–water partition coefficient (Wildman–Crippen LogP) is 0.830. The molecular weight excluding hydrogens is 190 g/mol. The van der Waals surface area contributed by atoms with Crippen molar-refractivity contribution in [1.82, 2.24) is 10.3 Å². The summed E-state index contributed by atoms with van der Waals surface area (Å²) in [6.45, 7) is 2.77. The number of nitrogens with one attached hydrogen (secondary N) is 1. The lowest BCUT2D eigenvalue weighted by molar-refractivity contribution is -0.119. The summed E-state index contributed by atoms with van der Waals surface area (Å²) in [5.74, 6) is 0.937. The van der Waals surface area contributed by atoms with Gasteiger partial charge in [-0.2, -0.15) is 0 Å². The molecule has 1 saturated heterocycles. The zero-order chi connectivity index (χ0) is 10.8. The molecule has 1 aromatic rings. The summed E-state index contributed by atoms with van der Waals surface area (Å²) in [5.41, 5.74) is 7.80. The minimum absolute atomic E-state index is 0.124. The van der Waals surface area contributed by atoms with E-state index in [4.69, 9.17) is 5.73 Å². The molecule has 0 aromatic carbocycles. The lowest BCUT2D eigenvalue weighted by atomic mass is 9.95. The fourth-order valence-corrected chi connectivity index (χ4v) is 2.01. The first-order chi connectivity index (χ1) is 7.20. The van der Waals surface area contributed by atoms with Crippen LogP contribution in [0.15, 0.2) is 12.1 Å². The molecule has 1 aliphatic rings. The number of anilines is 1. The van der Waals surface area contributed by atoms with E-state index in [0.29, 0.717) is 12.2 Å². The van der Waals surface area contributed by atoms with Crippen LogP contribution in [-0.4, -0.2) is 17.4 Å². The molecule has 2 rings (SSSR count). The molecular formula is C11H15N3O. The van der Waals surface area contributed by atoms with Crippen LogP contribution in [0.3, 0.4) is 0 Å². The Kier molecular flexibility index (Phi) is 2.58. The number of nitrogens with zero attached hydrogens (tertiary/aromatic N) is 1. The maximum atomic E-state index is 11.1. The van der Waals surface area contributed by atoms with E-state index >= 15 is 0 Å². The van der Waals surface area contributed by atoms with E-state index < -0.39 is 0 Å². The zero-order valence-corrected chi connectivity index (χ0v) is 8.79. The van der Waals surface area contributed by atoms with Gasteiger partial charge in [0.15, 0.2) is 0 Å². The van der Waals surface area contributed by atoms with Gasteiger partial charge in [-0.3, -0.25) is 4.79 Å². The number of hydrogen-bond donors (Lipinski definition) is 2. The first kappa shape index (κ1) is 9.96. The average Bonchev–Trinajstić information content (AvgIpc) is 2.64. The van der Waals surface area contributed by atoms with Crippen LogP contribution in [0, 0.1) is 0 Å². The second kappa shape index (κ2) is 3.88. The molecule has 1 atom stereocenters. The summed E-state index contributed by atoms with van der Waals surface area (Å²) in [5, 5.41) is 2.84.